The average molecular weight is 412 g/mol. The number of aromatic amines is 1. The topological polar surface area (TPSA) is 114 Å². The minimum absolute atomic E-state index is 0.0164. The maximum Gasteiger partial charge on any atom is 0.330 e. The Hall–Kier alpha value is -3.29. The van der Waals surface area contributed by atoms with Crippen molar-refractivity contribution in [1.82, 2.24) is 9.55 Å². The number of hydrogen-bond acceptors (Lipinski definition) is 5. The molecule has 0 aliphatic heterocycles. The molecule has 0 saturated heterocycles. The lowest BCUT2D eigenvalue weighted by atomic mass is 10.1. The fourth-order valence-electron chi connectivity index (χ4n) is 3.55. The fraction of sp³-hybridized carbons (Fsp3) is 0.409. The second-order valence-corrected chi connectivity index (χ2v) is 7.48. The number of hydrogen-bond donors (Lipinski definition) is 2. The highest BCUT2D eigenvalue weighted by Crippen LogP contribution is 2.25. The van der Waals surface area contributed by atoms with Crippen molar-refractivity contribution in [2.24, 2.45) is 0 Å². The molecule has 1 amide bonds. The molecule has 1 aromatic carbocycles. The number of nitrogens with zero attached hydrogens (tertiary/aromatic N) is 2. The molecule has 0 aliphatic carbocycles. The van der Waals surface area contributed by atoms with Gasteiger partial charge in [0.2, 0.25) is 5.91 Å². The van der Waals surface area contributed by atoms with E-state index in [1.54, 1.807) is 6.26 Å². The van der Waals surface area contributed by atoms with Crippen LogP contribution in [0.25, 0.3) is 11.0 Å². The van der Waals surface area contributed by atoms with Gasteiger partial charge in [0.05, 0.1) is 12.7 Å². The highest BCUT2D eigenvalue weighted by atomic mass is 16.3. The Bertz CT molecular complexity index is 1170. The van der Waals surface area contributed by atoms with Crippen LogP contribution in [-0.2, 0) is 17.8 Å². The fourth-order valence-corrected chi connectivity index (χ4v) is 3.55. The predicted octanol–water partition coefficient (Wildman–Crippen LogP) is 2.96. The molecule has 0 bridgehead atoms. The third-order valence-electron chi connectivity index (χ3n) is 5.12. The predicted molar refractivity (Wildman–Crippen MR) is 118 cm³/mol. The van der Waals surface area contributed by atoms with Crippen LogP contribution in [0, 0.1) is 6.92 Å². The summed E-state index contributed by atoms with van der Waals surface area (Å²) in [5.74, 6) is -0.256. The summed E-state index contributed by atoms with van der Waals surface area (Å²) >= 11 is 0. The number of aryl methyl sites for hydroxylation is 1. The van der Waals surface area contributed by atoms with Gasteiger partial charge in [-0.3, -0.25) is 19.1 Å². The summed E-state index contributed by atoms with van der Waals surface area (Å²) in [5.41, 5.74) is 7.53. The van der Waals surface area contributed by atoms with E-state index in [9.17, 15) is 14.4 Å². The SMILES string of the molecule is CCCCN(C(=O)Cc1coc2cc(C)ccc12)c1c(N)n(CCC)c(=O)[nH]c1=O. The van der Waals surface area contributed by atoms with Crippen LogP contribution in [0.2, 0.25) is 0 Å². The van der Waals surface area contributed by atoms with Crippen molar-refractivity contribution in [3.8, 4) is 0 Å². The lowest BCUT2D eigenvalue weighted by Crippen LogP contribution is -2.42. The van der Waals surface area contributed by atoms with Gasteiger partial charge >= 0.3 is 5.69 Å². The van der Waals surface area contributed by atoms with Gasteiger partial charge < -0.3 is 15.1 Å². The summed E-state index contributed by atoms with van der Waals surface area (Å²) in [6, 6.07) is 5.81. The minimum atomic E-state index is -0.651. The van der Waals surface area contributed by atoms with E-state index in [4.69, 9.17) is 10.2 Å². The summed E-state index contributed by atoms with van der Waals surface area (Å²) in [6.07, 6.45) is 3.84. The normalized spacial score (nSPS) is 11.2. The van der Waals surface area contributed by atoms with Gasteiger partial charge in [0.25, 0.3) is 5.56 Å². The number of rotatable bonds is 8. The number of anilines is 2. The van der Waals surface area contributed by atoms with Gasteiger partial charge in [0, 0.05) is 24.0 Å². The van der Waals surface area contributed by atoms with Crippen LogP contribution in [0.15, 0.2) is 38.5 Å². The van der Waals surface area contributed by atoms with Crippen LogP contribution >= 0.6 is 0 Å². The van der Waals surface area contributed by atoms with Gasteiger partial charge in [0.15, 0.2) is 5.69 Å². The van der Waals surface area contributed by atoms with Crippen LogP contribution in [0.1, 0.15) is 44.2 Å². The smallest absolute Gasteiger partial charge is 0.330 e. The third-order valence-corrected chi connectivity index (χ3v) is 5.12. The highest BCUT2D eigenvalue weighted by molar-refractivity contribution is 5.98. The van der Waals surface area contributed by atoms with Gasteiger partial charge in [-0.05, 0) is 31.4 Å². The standard InChI is InChI=1S/C22H28N4O4/c1-4-6-10-25(19-20(23)26(9-5-2)22(29)24-21(19)28)18(27)12-15-13-30-17-11-14(3)7-8-16(15)17/h7-8,11,13H,4-6,9-10,12,23H2,1-3H3,(H,24,28,29). The molecule has 0 saturated carbocycles. The number of nitrogen functional groups attached to an aromatic ring is 1. The quantitative estimate of drug-likeness (QED) is 0.590. The lowest BCUT2D eigenvalue weighted by Gasteiger charge is -2.24. The second kappa shape index (κ2) is 9.02. The summed E-state index contributed by atoms with van der Waals surface area (Å²) in [5, 5.41) is 0.863. The number of amides is 1. The molecule has 0 fully saturated rings. The first-order valence-corrected chi connectivity index (χ1v) is 10.3. The molecular formula is C22H28N4O4. The molecule has 30 heavy (non-hydrogen) atoms. The number of carbonyl (C=O) groups excluding carboxylic acids is 1. The number of unbranched alkanes of at least 4 members (excludes halogenated alkanes) is 1. The molecule has 0 aliphatic rings. The molecule has 2 aromatic heterocycles. The molecule has 0 atom stereocenters. The van der Waals surface area contributed by atoms with Crippen LogP contribution in [0.3, 0.4) is 0 Å². The molecule has 3 rings (SSSR count). The molecule has 8 heteroatoms. The number of nitrogens with one attached hydrogen (secondary N) is 1. The number of benzene rings is 1. The number of furan rings is 1. The zero-order chi connectivity index (χ0) is 21.8. The maximum absolute atomic E-state index is 13.3. The summed E-state index contributed by atoms with van der Waals surface area (Å²) in [7, 11) is 0. The monoisotopic (exact) mass is 412 g/mol. The molecule has 8 nitrogen and oxygen atoms in total. The van der Waals surface area contributed by atoms with E-state index in [-0.39, 0.29) is 23.8 Å². The van der Waals surface area contributed by atoms with Gasteiger partial charge in [-0.2, -0.15) is 0 Å². The summed E-state index contributed by atoms with van der Waals surface area (Å²) < 4.78 is 6.91. The molecule has 0 spiro atoms. The first-order valence-electron chi connectivity index (χ1n) is 10.3. The van der Waals surface area contributed by atoms with Crippen molar-refractivity contribution in [3.63, 3.8) is 0 Å². The molecule has 2 heterocycles. The highest BCUT2D eigenvalue weighted by Gasteiger charge is 2.25. The molecule has 0 radical (unpaired) electrons. The number of aromatic nitrogens is 2. The van der Waals surface area contributed by atoms with E-state index in [2.05, 4.69) is 4.98 Å². The zero-order valence-electron chi connectivity index (χ0n) is 17.7. The van der Waals surface area contributed by atoms with Crippen molar-refractivity contribution in [2.45, 2.75) is 53.0 Å². The number of H-pyrrole nitrogens is 1. The summed E-state index contributed by atoms with van der Waals surface area (Å²) in [4.78, 5) is 41.7. The van der Waals surface area contributed by atoms with E-state index in [0.29, 0.717) is 31.5 Å². The first-order chi connectivity index (χ1) is 14.4. The number of fused-ring (bicyclic) bond motifs is 1. The van der Waals surface area contributed by atoms with Crippen LogP contribution in [0.4, 0.5) is 11.5 Å². The Kier molecular flexibility index (Phi) is 6.44. The molecular weight excluding hydrogens is 384 g/mol. The van der Waals surface area contributed by atoms with Crippen LogP contribution < -0.4 is 21.9 Å². The first kappa shape index (κ1) is 21.4. The van der Waals surface area contributed by atoms with Crippen molar-refractivity contribution in [3.05, 3.63) is 56.4 Å². The van der Waals surface area contributed by atoms with Crippen molar-refractivity contribution in [2.75, 3.05) is 17.2 Å². The Balaban J connectivity index is 2.02. The number of nitrogens with two attached hydrogens (primary N) is 1. The van der Waals surface area contributed by atoms with Gasteiger partial charge in [-0.1, -0.05) is 32.4 Å². The Morgan fingerprint density at radius 3 is 2.70 bits per heavy atom. The third kappa shape index (κ3) is 4.17. The van der Waals surface area contributed by atoms with Crippen LogP contribution in [-0.4, -0.2) is 22.0 Å². The number of carbonyl (C=O) groups is 1. The van der Waals surface area contributed by atoms with E-state index in [1.165, 1.54) is 9.47 Å². The Labute approximate surface area is 174 Å². The lowest BCUT2D eigenvalue weighted by molar-refractivity contribution is -0.118. The maximum atomic E-state index is 13.3. The summed E-state index contributed by atoms with van der Waals surface area (Å²) in [6.45, 7) is 6.57. The molecule has 3 N–H and O–H groups in total. The Morgan fingerprint density at radius 1 is 1.23 bits per heavy atom. The van der Waals surface area contributed by atoms with Crippen molar-refractivity contribution < 1.29 is 9.21 Å². The van der Waals surface area contributed by atoms with E-state index >= 15 is 0 Å². The van der Waals surface area contributed by atoms with E-state index < -0.39 is 11.2 Å². The van der Waals surface area contributed by atoms with E-state index in [1.807, 2.05) is 39.0 Å². The molecule has 0 unspecified atom stereocenters. The van der Waals surface area contributed by atoms with Gasteiger partial charge in [-0.25, -0.2) is 4.79 Å². The van der Waals surface area contributed by atoms with Crippen LogP contribution in [0.5, 0.6) is 0 Å². The van der Waals surface area contributed by atoms with Gasteiger partial charge in [0.1, 0.15) is 11.4 Å². The van der Waals surface area contributed by atoms with E-state index in [0.717, 1.165) is 22.9 Å². The molecule has 160 valence electrons. The van der Waals surface area contributed by atoms with Crippen molar-refractivity contribution >= 4 is 28.4 Å². The van der Waals surface area contributed by atoms with Gasteiger partial charge in [-0.15, -0.1) is 0 Å². The largest absolute Gasteiger partial charge is 0.464 e. The second-order valence-electron chi connectivity index (χ2n) is 7.48. The van der Waals surface area contributed by atoms with Crippen molar-refractivity contribution in [1.29, 1.82) is 0 Å². The average Bonchev–Trinajstić information content (AvgIpc) is 3.09. The zero-order valence-corrected chi connectivity index (χ0v) is 17.7. The minimum Gasteiger partial charge on any atom is -0.464 e. The molecule has 3 aromatic rings. The Morgan fingerprint density at radius 2 is 2.00 bits per heavy atom.